The molecule has 1 aromatic rings. The van der Waals surface area contributed by atoms with Gasteiger partial charge in [0, 0.05) is 11.8 Å². The van der Waals surface area contributed by atoms with Crippen molar-refractivity contribution in [1.82, 2.24) is 0 Å². The van der Waals surface area contributed by atoms with Crippen LogP contribution in [0.3, 0.4) is 0 Å². The van der Waals surface area contributed by atoms with Gasteiger partial charge in [-0.2, -0.15) is 0 Å². The average molecular weight is 352 g/mol. The second kappa shape index (κ2) is 6.85. The summed E-state index contributed by atoms with van der Waals surface area (Å²) in [5.74, 6) is 0.492. The minimum atomic E-state index is -3.01. The van der Waals surface area contributed by atoms with E-state index < -0.39 is 14.8 Å². The molecule has 6 nitrogen and oxygen atoms in total. The molecule has 0 aliphatic rings. The van der Waals surface area contributed by atoms with Crippen LogP contribution in [0.1, 0.15) is 13.3 Å². The highest BCUT2D eigenvalue weighted by molar-refractivity contribution is 9.10. The van der Waals surface area contributed by atoms with Crippen LogP contribution in [0.25, 0.3) is 0 Å². The van der Waals surface area contributed by atoms with Crippen molar-refractivity contribution in [3.63, 3.8) is 0 Å². The normalized spacial score (nSPS) is 11.3. The molecule has 0 aliphatic carbocycles. The van der Waals surface area contributed by atoms with E-state index in [-0.39, 0.29) is 23.8 Å². The smallest absolute Gasteiger partial charge is 0.273 e. The molecule has 0 radical (unpaired) electrons. The predicted molar refractivity (Wildman–Crippen MR) is 75.2 cm³/mol. The molecule has 0 N–H and O–H groups in total. The monoisotopic (exact) mass is 351 g/mol. The van der Waals surface area contributed by atoms with Crippen LogP contribution in [0.4, 0.5) is 5.69 Å². The summed E-state index contributed by atoms with van der Waals surface area (Å²) in [5.41, 5.74) is -0.0700. The van der Waals surface area contributed by atoms with Crippen molar-refractivity contribution in [2.45, 2.75) is 13.3 Å². The van der Waals surface area contributed by atoms with Crippen LogP contribution in [0.5, 0.6) is 5.75 Å². The molecule has 0 heterocycles. The van der Waals surface area contributed by atoms with Gasteiger partial charge in [-0.3, -0.25) is 10.1 Å². The fourth-order valence-electron chi connectivity index (χ4n) is 1.32. The van der Waals surface area contributed by atoms with Crippen molar-refractivity contribution in [1.29, 1.82) is 0 Å². The molecule has 0 unspecified atom stereocenters. The van der Waals surface area contributed by atoms with Crippen molar-refractivity contribution in [2.75, 3.05) is 18.1 Å². The van der Waals surface area contributed by atoms with Gasteiger partial charge in [0.2, 0.25) is 0 Å². The Bertz CT molecular complexity index is 558. The Balaban J connectivity index is 2.58. The summed E-state index contributed by atoms with van der Waals surface area (Å²) in [4.78, 5) is 10.1. The number of rotatable bonds is 7. The van der Waals surface area contributed by atoms with Crippen LogP contribution in [0.15, 0.2) is 22.7 Å². The van der Waals surface area contributed by atoms with E-state index in [0.29, 0.717) is 16.6 Å². The van der Waals surface area contributed by atoms with Crippen molar-refractivity contribution < 1.29 is 18.1 Å². The van der Waals surface area contributed by atoms with Crippen molar-refractivity contribution in [3.8, 4) is 5.75 Å². The van der Waals surface area contributed by atoms with Crippen LogP contribution in [-0.4, -0.2) is 31.5 Å². The lowest BCUT2D eigenvalue weighted by Crippen LogP contribution is -2.12. The van der Waals surface area contributed by atoms with Crippen LogP contribution in [0.2, 0.25) is 0 Å². The maximum absolute atomic E-state index is 11.3. The Kier molecular flexibility index (Phi) is 5.74. The number of nitro benzene ring substituents is 1. The molecule has 0 saturated heterocycles. The maximum Gasteiger partial charge on any atom is 0.273 e. The Morgan fingerprint density at radius 3 is 2.68 bits per heavy atom. The number of non-ortho nitro benzene ring substituents is 1. The number of nitrogens with zero attached hydrogens (tertiary/aromatic N) is 1. The third kappa shape index (κ3) is 5.15. The van der Waals surface area contributed by atoms with Gasteiger partial charge >= 0.3 is 0 Å². The Labute approximate surface area is 120 Å². The van der Waals surface area contributed by atoms with Crippen molar-refractivity contribution >= 4 is 31.5 Å². The first-order valence-corrected chi connectivity index (χ1v) is 8.24. The van der Waals surface area contributed by atoms with Gasteiger partial charge in [-0.05, 0) is 28.4 Å². The summed E-state index contributed by atoms with van der Waals surface area (Å²) in [7, 11) is -3.01. The quantitative estimate of drug-likeness (QED) is 0.428. The van der Waals surface area contributed by atoms with Gasteiger partial charge in [-0.15, -0.1) is 0 Å². The Morgan fingerprint density at radius 1 is 1.42 bits per heavy atom. The van der Waals surface area contributed by atoms with Crippen LogP contribution < -0.4 is 4.74 Å². The third-order valence-corrected chi connectivity index (χ3v) is 4.87. The maximum atomic E-state index is 11.3. The lowest BCUT2D eigenvalue weighted by Gasteiger charge is -2.07. The third-order valence-electron chi connectivity index (χ3n) is 2.42. The average Bonchev–Trinajstić information content (AvgIpc) is 2.36. The van der Waals surface area contributed by atoms with E-state index >= 15 is 0 Å². The molecule has 0 fully saturated rings. The number of ether oxygens (including phenoxy) is 1. The zero-order valence-electron chi connectivity index (χ0n) is 10.3. The Morgan fingerprint density at radius 2 is 2.11 bits per heavy atom. The first-order valence-electron chi connectivity index (χ1n) is 5.63. The van der Waals surface area contributed by atoms with E-state index in [0.717, 1.165) is 0 Å². The van der Waals surface area contributed by atoms with Crippen molar-refractivity contribution in [2.24, 2.45) is 0 Å². The predicted octanol–water partition coefficient (Wildman–Crippen LogP) is 2.56. The fraction of sp³-hybridized carbons (Fsp3) is 0.455. The van der Waals surface area contributed by atoms with E-state index in [1.807, 2.05) is 0 Å². The lowest BCUT2D eigenvalue weighted by molar-refractivity contribution is -0.385. The number of hydrogen-bond acceptors (Lipinski definition) is 5. The number of halogens is 1. The highest BCUT2D eigenvalue weighted by Crippen LogP contribution is 2.29. The van der Waals surface area contributed by atoms with E-state index in [4.69, 9.17) is 4.74 Å². The molecule has 0 amide bonds. The fourth-order valence-corrected chi connectivity index (χ4v) is 2.53. The van der Waals surface area contributed by atoms with Gasteiger partial charge in [-0.1, -0.05) is 6.92 Å². The molecular formula is C11H14BrNO5S. The van der Waals surface area contributed by atoms with Gasteiger partial charge in [0.15, 0.2) is 0 Å². The van der Waals surface area contributed by atoms with E-state index in [1.54, 1.807) is 6.92 Å². The molecule has 0 atom stereocenters. The van der Waals surface area contributed by atoms with Gasteiger partial charge < -0.3 is 4.74 Å². The molecule has 106 valence electrons. The highest BCUT2D eigenvalue weighted by Gasteiger charge is 2.11. The zero-order chi connectivity index (χ0) is 14.5. The highest BCUT2D eigenvalue weighted by atomic mass is 79.9. The second-order valence-corrected chi connectivity index (χ2v) is 7.14. The summed E-state index contributed by atoms with van der Waals surface area (Å²) in [5, 5.41) is 10.6. The minimum Gasteiger partial charge on any atom is -0.492 e. The summed E-state index contributed by atoms with van der Waals surface area (Å²) >= 11 is 3.22. The first kappa shape index (κ1) is 15.9. The summed E-state index contributed by atoms with van der Waals surface area (Å²) < 4.78 is 28.5. The van der Waals surface area contributed by atoms with Gasteiger partial charge in [0.05, 0.1) is 27.8 Å². The molecule has 0 spiro atoms. The standard InChI is InChI=1S/C11H14BrNO5S/c1-2-19(16,17)7-3-6-18-11-8-9(13(14)15)4-5-10(11)12/h4-5,8H,2-3,6-7H2,1H3. The molecular weight excluding hydrogens is 338 g/mol. The zero-order valence-corrected chi connectivity index (χ0v) is 12.7. The van der Waals surface area contributed by atoms with E-state index in [2.05, 4.69) is 15.9 Å². The van der Waals surface area contributed by atoms with Crippen LogP contribution >= 0.6 is 15.9 Å². The first-order chi connectivity index (χ1) is 8.85. The topological polar surface area (TPSA) is 86.5 Å². The van der Waals surface area contributed by atoms with Crippen LogP contribution in [-0.2, 0) is 9.84 Å². The molecule has 1 rings (SSSR count). The van der Waals surface area contributed by atoms with Crippen LogP contribution in [0, 0.1) is 10.1 Å². The number of nitro groups is 1. The SMILES string of the molecule is CCS(=O)(=O)CCCOc1cc([N+](=O)[O-])ccc1Br. The summed E-state index contributed by atoms with van der Waals surface area (Å²) in [6.07, 6.45) is 0.352. The second-order valence-electron chi connectivity index (χ2n) is 3.81. The summed E-state index contributed by atoms with van der Waals surface area (Å²) in [6.45, 7) is 1.78. The molecule has 8 heteroatoms. The van der Waals surface area contributed by atoms with E-state index in [9.17, 15) is 18.5 Å². The number of hydrogen-bond donors (Lipinski definition) is 0. The minimum absolute atomic E-state index is 0.0516. The lowest BCUT2D eigenvalue weighted by atomic mass is 10.3. The summed E-state index contributed by atoms with van der Waals surface area (Å²) in [6, 6.07) is 4.19. The molecule has 1 aromatic carbocycles. The Hall–Kier alpha value is -1.15. The van der Waals surface area contributed by atoms with Gasteiger partial charge in [0.1, 0.15) is 15.6 Å². The molecule has 0 bridgehead atoms. The van der Waals surface area contributed by atoms with Gasteiger partial charge in [0.25, 0.3) is 5.69 Å². The van der Waals surface area contributed by atoms with Gasteiger partial charge in [-0.25, -0.2) is 8.42 Å². The number of benzene rings is 1. The largest absolute Gasteiger partial charge is 0.492 e. The number of sulfone groups is 1. The molecule has 0 aliphatic heterocycles. The molecule has 19 heavy (non-hydrogen) atoms. The molecule has 0 saturated carbocycles. The molecule has 0 aromatic heterocycles. The van der Waals surface area contributed by atoms with E-state index in [1.165, 1.54) is 18.2 Å². The van der Waals surface area contributed by atoms with Crippen molar-refractivity contribution in [3.05, 3.63) is 32.8 Å².